The molecule has 1 aromatic carbocycles. The van der Waals surface area contributed by atoms with E-state index in [4.69, 9.17) is 4.74 Å². The van der Waals surface area contributed by atoms with Crippen molar-refractivity contribution in [2.45, 2.75) is 36.8 Å². The molecule has 1 unspecified atom stereocenters. The third-order valence-electron chi connectivity index (χ3n) is 4.41. The van der Waals surface area contributed by atoms with Crippen LogP contribution in [0.5, 0.6) is 5.75 Å². The zero-order chi connectivity index (χ0) is 16.7. The second kappa shape index (κ2) is 8.66. The fourth-order valence-corrected chi connectivity index (χ4v) is 4.55. The Kier molecular flexibility index (Phi) is 6.87. The van der Waals surface area contributed by atoms with Gasteiger partial charge in [0, 0.05) is 13.1 Å². The lowest BCUT2D eigenvalue weighted by Crippen LogP contribution is -2.38. The third-order valence-corrected chi connectivity index (χ3v) is 6.62. The number of nitrogens with one attached hydrogen (secondary N) is 1. The fraction of sp³-hybridized carbons (Fsp3) is 0.647. The van der Waals surface area contributed by atoms with Crippen LogP contribution in [0, 0.1) is 0 Å². The van der Waals surface area contributed by atoms with E-state index in [0.29, 0.717) is 18.0 Å². The first-order valence-corrected chi connectivity index (χ1v) is 10.0. The average molecular weight is 340 g/mol. The van der Waals surface area contributed by atoms with Gasteiger partial charge in [0.05, 0.1) is 10.1 Å². The number of hydrogen-bond acceptors (Lipinski definition) is 5. The highest BCUT2D eigenvalue weighted by atomic mass is 32.2. The van der Waals surface area contributed by atoms with Crippen LogP contribution in [0.4, 0.5) is 0 Å². The molecule has 1 aromatic rings. The van der Waals surface area contributed by atoms with Gasteiger partial charge in [0.15, 0.2) is 9.84 Å². The molecule has 1 fully saturated rings. The Bertz CT molecular complexity index is 562. The SMILES string of the molecule is CCN(CC)CCOc1ccc(S(=O)(=O)C2CCCNC2)cc1. The minimum absolute atomic E-state index is 0.314. The van der Waals surface area contributed by atoms with Gasteiger partial charge in [-0.15, -0.1) is 0 Å². The summed E-state index contributed by atoms with van der Waals surface area (Å²) in [7, 11) is -3.25. The van der Waals surface area contributed by atoms with E-state index >= 15 is 0 Å². The molecule has 0 saturated carbocycles. The summed E-state index contributed by atoms with van der Waals surface area (Å²) >= 11 is 0. The zero-order valence-electron chi connectivity index (χ0n) is 14.1. The molecule has 23 heavy (non-hydrogen) atoms. The maximum atomic E-state index is 12.6. The van der Waals surface area contributed by atoms with Crippen molar-refractivity contribution < 1.29 is 13.2 Å². The number of benzene rings is 1. The quantitative estimate of drug-likeness (QED) is 0.784. The smallest absolute Gasteiger partial charge is 0.182 e. The first-order valence-electron chi connectivity index (χ1n) is 8.47. The maximum absolute atomic E-state index is 12.6. The molecule has 130 valence electrons. The van der Waals surface area contributed by atoms with Gasteiger partial charge < -0.3 is 15.0 Å². The van der Waals surface area contributed by atoms with Crippen LogP contribution in [0.2, 0.25) is 0 Å². The van der Waals surface area contributed by atoms with Crippen LogP contribution < -0.4 is 10.1 Å². The minimum atomic E-state index is -3.25. The summed E-state index contributed by atoms with van der Waals surface area (Å²) in [6, 6.07) is 6.84. The van der Waals surface area contributed by atoms with Crippen LogP contribution in [-0.4, -0.2) is 57.9 Å². The van der Waals surface area contributed by atoms with Crippen LogP contribution in [0.3, 0.4) is 0 Å². The predicted molar refractivity (Wildman–Crippen MR) is 92.8 cm³/mol. The number of hydrogen-bond donors (Lipinski definition) is 1. The number of ether oxygens (including phenoxy) is 1. The lowest BCUT2D eigenvalue weighted by molar-refractivity contribution is 0.222. The number of nitrogens with zero attached hydrogens (tertiary/aromatic N) is 1. The first-order chi connectivity index (χ1) is 11.1. The van der Waals surface area contributed by atoms with Gasteiger partial charge in [0.2, 0.25) is 0 Å². The van der Waals surface area contributed by atoms with Crippen molar-refractivity contribution in [2.75, 3.05) is 39.3 Å². The van der Waals surface area contributed by atoms with E-state index in [9.17, 15) is 8.42 Å². The molecule has 0 bridgehead atoms. The monoisotopic (exact) mass is 340 g/mol. The van der Waals surface area contributed by atoms with E-state index in [2.05, 4.69) is 24.1 Å². The third kappa shape index (κ3) is 4.93. The molecule has 0 spiro atoms. The highest BCUT2D eigenvalue weighted by molar-refractivity contribution is 7.92. The molecule has 1 aliphatic heterocycles. The van der Waals surface area contributed by atoms with Crippen LogP contribution in [0.1, 0.15) is 26.7 Å². The molecule has 1 aliphatic rings. The van der Waals surface area contributed by atoms with Crippen LogP contribution in [0.15, 0.2) is 29.2 Å². The molecule has 5 nitrogen and oxygen atoms in total. The zero-order valence-corrected chi connectivity index (χ0v) is 14.9. The largest absolute Gasteiger partial charge is 0.492 e. The topological polar surface area (TPSA) is 58.6 Å². The van der Waals surface area contributed by atoms with Crippen molar-refractivity contribution in [1.82, 2.24) is 10.2 Å². The van der Waals surface area contributed by atoms with Crippen LogP contribution >= 0.6 is 0 Å². The summed E-state index contributed by atoms with van der Waals surface area (Å²) < 4.78 is 30.9. The Morgan fingerprint density at radius 1 is 1.22 bits per heavy atom. The molecule has 2 rings (SSSR count). The highest BCUT2D eigenvalue weighted by Gasteiger charge is 2.28. The lowest BCUT2D eigenvalue weighted by Gasteiger charge is -2.23. The number of piperidine rings is 1. The highest BCUT2D eigenvalue weighted by Crippen LogP contribution is 2.23. The first kappa shape index (κ1) is 18.2. The summed E-state index contributed by atoms with van der Waals surface area (Å²) in [4.78, 5) is 2.68. The van der Waals surface area contributed by atoms with E-state index in [1.54, 1.807) is 24.3 Å². The summed E-state index contributed by atoms with van der Waals surface area (Å²) in [5.41, 5.74) is 0. The second-order valence-electron chi connectivity index (χ2n) is 5.86. The minimum Gasteiger partial charge on any atom is -0.492 e. The Hall–Kier alpha value is -1.11. The molecule has 0 aliphatic carbocycles. The fourth-order valence-electron chi connectivity index (χ4n) is 2.84. The van der Waals surface area contributed by atoms with E-state index in [-0.39, 0.29) is 5.25 Å². The van der Waals surface area contributed by atoms with Gasteiger partial charge in [-0.3, -0.25) is 0 Å². The van der Waals surface area contributed by atoms with Gasteiger partial charge in [0.1, 0.15) is 12.4 Å². The standard InChI is InChI=1S/C17H28N2O3S/c1-3-19(4-2)12-13-22-15-7-9-16(10-8-15)23(20,21)17-6-5-11-18-14-17/h7-10,17-18H,3-6,11-14H2,1-2H3. The summed E-state index contributed by atoms with van der Waals surface area (Å²) in [5.74, 6) is 0.720. The van der Waals surface area contributed by atoms with E-state index in [1.807, 2.05) is 0 Å². The molecule has 1 atom stereocenters. The van der Waals surface area contributed by atoms with E-state index in [1.165, 1.54) is 0 Å². The molecule has 0 amide bonds. The van der Waals surface area contributed by atoms with Gasteiger partial charge >= 0.3 is 0 Å². The van der Waals surface area contributed by atoms with Gasteiger partial charge in [-0.1, -0.05) is 13.8 Å². The normalized spacial score (nSPS) is 19.0. The molecule has 1 heterocycles. The maximum Gasteiger partial charge on any atom is 0.182 e. The Labute approximate surface area is 139 Å². The lowest BCUT2D eigenvalue weighted by atomic mass is 10.2. The summed E-state index contributed by atoms with van der Waals surface area (Å²) in [5, 5.41) is 2.85. The van der Waals surface area contributed by atoms with E-state index < -0.39 is 9.84 Å². The average Bonchev–Trinajstić information content (AvgIpc) is 2.60. The molecular formula is C17H28N2O3S. The van der Waals surface area contributed by atoms with E-state index in [0.717, 1.165) is 44.8 Å². The van der Waals surface area contributed by atoms with Crippen molar-refractivity contribution in [1.29, 1.82) is 0 Å². The van der Waals surface area contributed by atoms with Crippen molar-refractivity contribution in [3.8, 4) is 5.75 Å². The molecule has 0 aromatic heterocycles. The van der Waals surface area contributed by atoms with Crippen molar-refractivity contribution in [3.05, 3.63) is 24.3 Å². The van der Waals surface area contributed by atoms with Gasteiger partial charge in [0.25, 0.3) is 0 Å². The second-order valence-corrected chi connectivity index (χ2v) is 8.09. The predicted octanol–water partition coefficient (Wildman–Crippen LogP) is 1.93. The number of rotatable bonds is 8. The van der Waals surface area contributed by atoms with Gasteiger partial charge in [-0.2, -0.15) is 0 Å². The van der Waals surface area contributed by atoms with Crippen LogP contribution in [0.25, 0.3) is 0 Å². The summed E-state index contributed by atoms with van der Waals surface area (Å²) in [6.45, 7) is 9.21. The Morgan fingerprint density at radius 2 is 1.91 bits per heavy atom. The van der Waals surface area contributed by atoms with Crippen molar-refractivity contribution in [2.24, 2.45) is 0 Å². The molecule has 1 saturated heterocycles. The Morgan fingerprint density at radius 3 is 2.48 bits per heavy atom. The number of sulfone groups is 1. The molecule has 0 radical (unpaired) electrons. The van der Waals surface area contributed by atoms with Gasteiger partial charge in [-0.05, 0) is 56.7 Å². The molecule has 6 heteroatoms. The van der Waals surface area contributed by atoms with Gasteiger partial charge in [-0.25, -0.2) is 8.42 Å². The van der Waals surface area contributed by atoms with Crippen LogP contribution in [-0.2, 0) is 9.84 Å². The van der Waals surface area contributed by atoms with Crippen molar-refractivity contribution >= 4 is 9.84 Å². The number of likely N-dealkylation sites (N-methyl/N-ethyl adjacent to an activating group) is 1. The summed E-state index contributed by atoms with van der Waals surface area (Å²) in [6.07, 6.45) is 1.65. The molecule has 1 N–H and O–H groups in total. The van der Waals surface area contributed by atoms with Crippen molar-refractivity contribution in [3.63, 3.8) is 0 Å². The Balaban J connectivity index is 1.93. The molecular weight excluding hydrogens is 312 g/mol.